The Balaban J connectivity index is 1.10. The minimum absolute atomic E-state index is 0.001000. The predicted molar refractivity (Wildman–Crippen MR) is 190 cm³/mol. The second-order valence-corrected chi connectivity index (χ2v) is 11.6. The third kappa shape index (κ3) is 8.69. The molecule has 0 bridgehead atoms. The van der Waals surface area contributed by atoms with Gasteiger partial charge in [-0.15, -0.1) is 20.4 Å². The van der Waals surface area contributed by atoms with Crippen LogP contribution in [0.15, 0.2) is 73.8 Å². The molecule has 4 aromatic heterocycles. The Morgan fingerprint density at radius 3 is 1.36 bits per heavy atom. The largest absolute Gasteiger partial charge is 0.488 e. The van der Waals surface area contributed by atoms with Crippen molar-refractivity contribution in [3.63, 3.8) is 0 Å². The van der Waals surface area contributed by atoms with Crippen LogP contribution < -0.4 is 20.1 Å². The maximum atomic E-state index is 15.7. The van der Waals surface area contributed by atoms with Gasteiger partial charge in [0.2, 0.25) is 0 Å². The lowest BCUT2D eigenvalue weighted by Crippen LogP contribution is -2.20. The lowest BCUT2D eigenvalue weighted by molar-refractivity contribution is 0.0591. The fourth-order valence-electron chi connectivity index (χ4n) is 5.12. The number of ether oxygens (including phenoxy) is 4. The van der Waals surface area contributed by atoms with E-state index >= 15 is 17.6 Å². The summed E-state index contributed by atoms with van der Waals surface area (Å²) in [7, 11) is 1.94. The first kappa shape index (κ1) is 39.9. The zero-order valence-electron chi connectivity index (χ0n) is 30.1. The quantitative estimate of drug-likeness (QED) is 0.0830. The highest BCUT2D eigenvalue weighted by molar-refractivity contribution is 6.08. The number of amides is 2. The number of imidazole rings is 2. The lowest BCUT2D eigenvalue weighted by Gasteiger charge is -2.16. The Bertz CT molecular complexity index is 2280. The highest BCUT2D eigenvalue weighted by Gasteiger charge is 2.28. The van der Waals surface area contributed by atoms with Gasteiger partial charge in [0.15, 0.2) is 57.8 Å². The van der Waals surface area contributed by atoms with E-state index in [1.54, 1.807) is 12.4 Å². The molecule has 298 valence electrons. The molecule has 2 aromatic carbocycles. The first-order valence-electron chi connectivity index (χ1n) is 16.7. The van der Waals surface area contributed by atoms with Gasteiger partial charge in [0.1, 0.15) is 12.7 Å². The molecule has 0 saturated carbocycles. The molecule has 6 rings (SSSR count). The van der Waals surface area contributed by atoms with Crippen molar-refractivity contribution in [3.05, 3.63) is 120 Å². The van der Waals surface area contributed by atoms with E-state index in [0.717, 1.165) is 14.2 Å². The number of anilines is 2. The van der Waals surface area contributed by atoms with E-state index in [9.17, 15) is 19.2 Å². The summed E-state index contributed by atoms with van der Waals surface area (Å²) in [5.41, 5.74) is -3.41. The molecule has 0 aliphatic heterocycles. The summed E-state index contributed by atoms with van der Waals surface area (Å²) in [6, 6.07) is 6.64. The maximum absolute atomic E-state index is 15.7. The number of carbonyl (C=O) groups is 4. The fraction of sp³-hybridized carbons (Fsp3) is 0.167. The second kappa shape index (κ2) is 17.8. The molecule has 0 fully saturated rings. The number of benzene rings is 2. The summed E-state index contributed by atoms with van der Waals surface area (Å²) >= 11 is 0. The number of halogens is 4. The van der Waals surface area contributed by atoms with Crippen molar-refractivity contribution in [2.45, 2.75) is 12.8 Å². The number of carbonyl (C=O) groups excluding carboxylic acids is 4. The van der Waals surface area contributed by atoms with E-state index in [1.165, 1.54) is 58.4 Å². The van der Waals surface area contributed by atoms with Crippen LogP contribution in [0.1, 0.15) is 54.5 Å². The molecule has 18 nitrogen and oxygen atoms in total. The second-order valence-electron chi connectivity index (χ2n) is 11.6. The summed E-state index contributed by atoms with van der Waals surface area (Å²) < 4.78 is 84.4. The first-order valence-corrected chi connectivity index (χ1v) is 16.7. The van der Waals surface area contributed by atoms with Gasteiger partial charge in [-0.2, -0.15) is 0 Å². The Labute approximate surface area is 323 Å². The highest BCUT2D eigenvalue weighted by atomic mass is 19.1. The zero-order valence-corrected chi connectivity index (χ0v) is 30.1. The Morgan fingerprint density at radius 1 is 0.621 bits per heavy atom. The Hall–Kier alpha value is -7.78. The minimum Gasteiger partial charge on any atom is -0.488 e. The number of aromatic nitrogens is 8. The van der Waals surface area contributed by atoms with Gasteiger partial charge in [-0.1, -0.05) is 0 Å². The molecule has 2 amide bonds. The van der Waals surface area contributed by atoms with Crippen LogP contribution in [-0.4, -0.2) is 90.7 Å². The molecular formula is C36H28F4N10O8. The number of nitrogens with one attached hydrogen (secondary N) is 2. The molecule has 0 aliphatic carbocycles. The summed E-state index contributed by atoms with van der Waals surface area (Å²) in [6.45, 7) is -0.755. The van der Waals surface area contributed by atoms with Crippen LogP contribution in [-0.2, 0) is 9.47 Å². The third-order valence-electron chi connectivity index (χ3n) is 7.98. The van der Waals surface area contributed by atoms with Crippen LogP contribution in [0, 0.1) is 23.3 Å². The summed E-state index contributed by atoms with van der Waals surface area (Å²) in [5, 5.41) is 19.8. The number of hydrogen-bond donors (Lipinski definition) is 2. The lowest BCUT2D eigenvalue weighted by atomic mass is 10.1. The summed E-state index contributed by atoms with van der Waals surface area (Å²) in [5.74, 6) is -11.1. The van der Waals surface area contributed by atoms with Crippen molar-refractivity contribution in [2.24, 2.45) is 0 Å². The molecule has 4 heterocycles. The van der Waals surface area contributed by atoms with Crippen molar-refractivity contribution < 1.29 is 55.7 Å². The molecule has 0 unspecified atom stereocenters. The minimum atomic E-state index is -1.45. The molecule has 0 aliphatic rings. The van der Waals surface area contributed by atoms with Gasteiger partial charge in [-0.3, -0.25) is 18.7 Å². The molecule has 6 aromatic rings. The van der Waals surface area contributed by atoms with Crippen LogP contribution in [0.3, 0.4) is 0 Å². The third-order valence-corrected chi connectivity index (χ3v) is 7.98. The fourth-order valence-corrected chi connectivity index (χ4v) is 5.12. The van der Waals surface area contributed by atoms with Gasteiger partial charge >= 0.3 is 11.9 Å². The first-order chi connectivity index (χ1) is 28.0. The molecule has 0 atom stereocenters. The van der Waals surface area contributed by atoms with E-state index in [0.29, 0.717) is 23.8 Å². The molecule has 2 N–H and O–H groups in total. The van der Waals surface area contributed by atoms with Gasteiger partial charge in [-0.05, 0) is 49.2 Å². The van der Waals surface area contributed by atoms with Crippen LogP contribution in [0.4, 0.5) is 28.9 Å². The topological polar surface area (TPSA) is 216 Å². The zero-order chi connectivity index (χ0) is 41.3. The van der Waals surface area contributed by atoms with Crippen molar-refractivity contribution >= 4 is 35.1 Å². The normalized spacial score (nSPS) is 10.8. The SMILES string of the molecule is COC(=O)c1cc(F)c(OCCCCOc2c(F)cc(C(=O)OC)c(NC(=O)c3ccc(-n4ccnc4)nn3)c2F)c(F)c1NC(=O)c1ccc(-n2ccnc2)nn1. The van der Waals surface area contributed by atoms with Crippen molar-refractivity contribution in [3.8, 4) is 23.1 Å². The van der Waals surface area contributed by atoms with Gasteiger partial charge in [0, 0.05) is 24.8 Å². The number of hydrogen-bond acceptors (Lipinski definition) is 14. The maximum Gasteiger partial charge on any atom is 0.340 e. The number of rotatable bonds is 15. The monoisotopic (exact) mass is 804 g/mol. The molecule has 0 spiro atoms. The average molecular weight is 805 g/mol. The Kier molecular flexibility index (Phi) is 12.2. The number of nitrogens with zero attached hydrogens (tertiary/aromatic N) is 8. The van der Waals surface area contributed by atoms with Crippen molar-refractivity contribution in [1.82, 2.24) is 39.5 Å². The predicted octanol–water partition coefficient (Wildman–Crippen LogP) is 4.51. The van der Waals surface area contributed by atoms with E-state index in [-0.39, 0.29) is 37.4 Å². The standard InChI is InChI=1S/C36H28F4N10O8/c1-55-35(53)19-15-21(37)31(27(39)29(19)43-33(51)23-5-7-25(47-45-23)49-11-9-41-17-49)57-13-3-4-14-58-32-22(38)16-20(36(54)56-2)30(28(32)40)44-34(52)24-6-8-26(48-46-24)50-12-10-42-18-50/h5-12,15-18H,3-4,13-14H2,1-2H3,(H,43,51)(H,44,52). The number of methoxy groups -OCH3 is 2. The smallest absolute Gasteiger partial charge is 0.340 e. The van der Waals surface area contributed by atoms with E-state index in [1.807, 2.05) is 0 Å². The van der Waals surface area contributed by atoms with Gasteiger partial charge in [0.05, 0.1) is 49.9 Å². The van der Waals surface area contributed by atoms with Gasteiger partial charge < -0.3 is 29.6 Å². The van der Waals surface area contributed by atoms with Crippen LogP contribution in [0.5, 0.6) is 11.5 Å². The summed E-state index contributed by atoms with van der Waals surface area (Å²) in [6.07, 6.45) is 9.06. The highest BCUT2D eigenvalue weighted by Crippen LogP contribution is 2.34. The molecule has 58 heavy (non-hydrogen) atoms. The summed E-state index contributed by atoms with van der Waals surface area (Å²) in [4.78, 5) is 58.5. The molecule has 0 saturated heterocycles. The average Bonchev–Trinajstić information content (AvgIpc) is 3.99. The van der Waals surface area contributed by atoms with Crippen LogP contribution in [0.25, 0.3) is 11.6 Å². The van der Waals surface area contributed by atoms with Crippen LogP contribution in [0.2, 0.25) is 0 Å². The molecular weight excluding hydrogens is 776 g/mol. The van der Waals surface area contributed by atoms with Crippen molar-refractivity contribution in [2.75, 3.05) is 38.1 Å². The van der Waals surface area contributed by atoms with Crippen molar-refractivity contribution in [1.29, 1.82) is 0 Å². The number of esters is 2. The van der Waals surface area contributed by atoms with E-state index < -0.39 is 81.0 Å². The Morgan fingerprint density at radius 2 is 1.03 bits per heavy atom. The molecule has 0 radical (unpaired) electrons. The van der Waals surface area contributed by atoms with Gasteiger partial charge in [-0.25, -0.2) is 37.1 Å². The van der Waals surface area contributed by atoms with E-state index in [4.69, 9.17) is 9.47 Å². The molecule has 22 heteroatoms. The van der Waals surface area contributed by atoms with Gasteiger partial charge in [0.25, 0.3) is 11.8 Å². The van der Waals surface area contributed by atoms with Crippen LogP contribution >= 0.6 is 0 Å². The number of unbranched alkanes of at least 4 members (excludes halogenated alkanes) is 1. The van der Waals surface area contributed by atoms with E-state index in [2.05, 4.69) is 50.5 Å².